The number of benzene rings is 1. The Labute approximate surface area is 156 Å². The standard InChI is InChI=1S/C18H21N3O6/c1-25-14-7-13(8-15(26-2)17(14)27-3)11-21-6-4-5-12(10-21)9-16(22)19-20-18(23)24/h4-8,10,20H,9,11H2,1-3H3,(H-,19,22,23,24)/p+1. The molecule has 0 saturated carbocycles. The maximum Gasteiger partial charge on any atom is 0.423 e. The first-order valence-electron chi connectivity index (χ1n) is 8.01. The van der Waals surface area contributed by atoms with Crippen LogP contribution in [0.4, 0.5) is 4.79 Å². The van der Waals surface area contributed by atoms with E-state index in [4.69, 9.17) is 19.3 Å². The summed E-state index contributed by atoms with van der Waals surface area (Å²) < 4.78 is 17.9. The highest BCUT2D eigenvalue weighted by Gasteiger charge is 2.16. The van der Waals surface area contributed by atoms with Gasteiger partial charge in [-0.15, -0.1) is 0 Å². The van der Waals surface area contributed by atoms with E-state index in [1.807, 2.05) is 40.6 Å². The van der Waals surface area contributed by atoms with Crippen molar-refractivity contribution in [3.8, 4) is 17.2 Å². The zero-order valence-corrected chi connectivity index (χ0v) is 15.3. The molecule has 1 heterocycles. The summed E-state index contributed by atoms with van der Waals surface area (Å²) >= 11 is 0. The zero-order chi connectivity index (χ0) is 19.8. The minimum absolute atomic E-state index is 0.0381. The monoisotopic (exact) mass is 376 g/mol. The molecule has 0 aliphatic heterocycles. The summed E-state index contributed by atoms with van der Waals surface area (Å²) in [5.74, 6) is 1.18. The van der Waals surface area contributed by atoms with Gasteiger partial charge in [0.2, 0.25) is 11.7 Å². The number of methoxy groups -OCH3 is 3. The van der Waals surface area contributed by atoms with Crippen LogP contribution in [0.15, 0.2) is 36.7 Å². The van der Waals surface area contributed by atoms with Gasteiger partial charge >= 0.3 is 6.09 Å². The van der Waals surface area contributed by atoms with Crippen molar-refractivity contribution < 1.29 is 33.5 Å². The summed E-state index contributed by atoms with van der Waals surface area (Å²) in [4.78, 5) is 22.1. The van der Waals surface area contributed by atoms with E-state index in [2.05, 4.69) is 5.43 Å². The average Bonchev–Trinajstić information content (AvgIpc) is 2.65. The fraction of sp³-hybridized carbons (Fsp3) is 0.278. The second-order valence-corrected chi connectivity index (χ2v) is 5.57. The van der Waals surface area contributed by atoms with Gasteiger partial charge in [0.05, 0.1) is 27.8 Å². The van der Waals surface area contributed by atoms with Crippen molar-refractivity contribution in [1.29, 1.82) is 0 Å². The van der Waals surface area contributed by atoms with E-state index < -0.39 is 12.0 Å². The number of rotatable bonds is 7. The molecule has 9 nitrogen and oxygen atoms in total. The lowest BCUT2D eigenvalue weighted by Gasteiger charge is -2.13. The normalized spacial score (nSPS) is 10.0. The van der Waals surface area contributed by atoms with Crippen molar-refractivity contribution in [2.75, 3.05) is 21.3 Å². The Hall–Kier alpha value is -3.49. The Morgan fingerprint density at radius 3 is 2.26 bits per heavy atom. The Morgan fingerprint density at radius 1 is 1.04 bits per heavy atom. The average molecular weight is 376 g/mol. The summed E-state index contributed by atoms with van der Waals surface area (Å²) in [6.45, 7) is 0.513. The molecule has 0 aliphatic rings. The SMILES string of the molecule is COc1cc(C[n+]2cccc(CC(=O)NNC(=O)O)c2)cc(OC)c1OC. The number of hydrogen-bond acceptors (Lipinski definition) is 5. The van der Waals surface area contributed by atoms with Crippen LogP contribution in [-0.4, -0.2) is 38.4 Å². The van der Waals surface area contributed by atoms with Crippen molar-refractivity contribution in [2.24, 2.45) is 0 Å². The van der Waals surface area contributed by atoms with Crippen molar-refractivity contribution in [2.45, 2.75) is 13.0 Å². The third-order valence-corrected chi connectivity index (χ3v) is 3.68. The Morgan fingerprint density at radius 2 is 1.70 bits per heavy atom. The van der Waals surface area contributed by atoms with Gasteiger partial charge in [-0.1, -0.05) is 0 Å². The molecule has 0 radical (unpaired) electrons. The van der Waals surface area contributed by atoms with E-state index in [0.717, 1.165) is 11.1 Å². The second kappa shape index (κ2) is 9.27. The molecule has 27 heavy (non-hydrogen) atoms. The van der Waals surface area contributed by atoms with Crippen LogP contribution in [0.25, 0.3) is 0 Å². The van der Waals surface area contributed by atoms with E-state index in [1.54, 1.807) is 27.4 Å². The Bertz CT molecular complexity index is 799. The first-order chi connectivity index (χ1) is 13.0. The van der Waals surface area contributed by atoms with E-state index in [1.165, 1.54) is 0 Å². The van der Waals surface area contributed by atoms with Crippen LogP contribution in [0.5, 0.6) is 17.2 Å². The minimum atomic E-state index is -1.33. The molecular weight excluding hydrogens is 354 g/mol. The van der Waals surface area contributed by atoms with Crippen molar-refractivity contribution >= 4 is 12.0 Å². The van der Waals surface area contributed by atoms with E-state index >= 15 is 0 Å². The highest BCUT2D eigenvalue weighted by Crippen LogP contribution is 2.38. The lowest BCUT2D eigenvalue weighted by atomic mass is 10.1. The van der Waals surface area contributed by atoms with Gasteiger partial charge < -0.3 is 19.3 Å². The van der Waals surface area contributed by atoms with E-state index in [9.17, 15) is 9.59 Å². The predicted octanol–water partition coefficient (Wildman–Crippen LogP) is 0.890. The largest absolute Gasteiger partial charge is 0.493 e. The van der Waals surface area contributed by atoms with Gasteiger partial charge in [0.1, 0.15) is 0 Å². The maximum absolute atomic E-state index is 11.7. The molecule has 1 aromatic heterocycles. The number of nitrogens with one attached hydrogen (secondary N) is 2. The molecular formula is C18H22N3O6+. The summed E-state index contributed by atoms with van der Waals surface area (Å²) in [7, 11) is 4.65. The molecule has 2 amide bonds. The first-order valence-corrected chi connectivity index (χ1v) is 8.01. The van der Waals surface area contributed by atoms with Crippen LogP contribution in [0.3, 0.4) is 0 Å². The van der Waals surface area contributed by atoms with Gasteiger partial charge in [-0.05, 0) is 18.2 Å². The third-order valence-electron chi connectivity index (χ3n) is 3.68. The molecule has 0 atom stereocenters. The molecule has 0 bridgehead atoms. The van der Waals surface area contributed by atoms with Crippen LogP contribution >= 0.6 is 0 Å². The van der Waals surface area contributed by atoms with Crippen LogP contribution in [0, 0.1) is 0 Å². The van der Waals surface area contributed by atoms with Crippen molar-refractivity contribution in [1.82, 2.24) is 10.9 Å². The smallest absolute Gasteiger partial charge is 0.423 e. The summed E-state index contributed by atoms with van der Waals surface area (Å²) in [6.07, 6.45) is 2.38. The number of carbonyl (C=O) groups is 2. The number of aromatic nitrogens is 1. The molecule has 9 heteroatoms. The molecule has 0 spiro atoms. The summed E-state index contributed by atoms with van der Waals surface area (Å²) in [6, 6.07) is 7.30. The van der Waals surface area contributed by atoms with E-state index in [0.29, 0.717) is 23.8 Å². The van der Waals surface area contributed by atoms with Gasteiger partial charge in [0, 0.05) is 17.2 Å². The van der Waals surface area contributed by atoms with Crippen LogP contribution in [0.1, 0.15) is 11.1 Å². The molecule has 144 valence electrons. The molecule has 0 saturated heterocycles. The van der Waals surface area contributed by atoms with Gasteiger partial charge in [0.15, 0.2) is 30.4 Å². The lowest BCUT2D eigenvalue weighted by Crippen LogP contribution is -2.42. The number of carbonyl (C=O) groups excluding carboxylic acids is 1. The lowest BCUT2D eigenvalue weighted by molar-refractivity contribution is -0.688. The molecule has 2 rings (SSSR count). The highest BCUT2D eigenvalue weighted by atomic mass is 16.5. The highest BCUT2D eigenvalue weighted by molar-refractivity contribution is 5.80. The van der Waals surface area contributed by atoms with Crippen molar-refractivity contribution in [3.05, 3.63) is 47.8 Å². The van der Waals surface area contributed by atoms with Gasteiger partial charge in [0.25, 0.3) is 0 Å². The van der Waals surface area contributed by atoms with Crippen LogP contribution in [-0.2, 0) is 17.8 Å². The van der Waals surface area contributed by atoms with Crippen LogP contribution < -0.4 is 29.6 Å². The fourth-order valence-electron chi connectivity index (χ4n) is 2.57. The van der Waals surface area contributed by atoms with Gasteiger partial charge in [-0.25, -0.2) is 14.8 Å². The molecule has 1 aromatic carbocycles. The topological polar surface area (TPSA) is 110 Å². The molecule has 2 aromatic rings. The number of hydrogen-bond donors (Lipinski definition) is 3. The summed E-state index contributed by atoms with van der Waals surface area (Å²) in [5, 5.41) is 8.50. The molecule has 0 aliphatic carbocycles. The molecule has 3 N–H and O–H groups in total. The number of carboxylic acid groups (broad SMARTS) is 1. The second-order valence-electron chi connectivity index (χ2n) is 5.57. The minimum Gasteiger partial charge on any atom is -0.493 e. The number of pyridine rings is 1. The number of amides is 2. The molecule has 0 unspecified atom stereocenters. The summed E-state index contributed by atoms with van der Waals surface area (Å²) in [5.41, 5.74) is 5.58. The van der Waals surface area contributed by atoms with Gasteiger partial charge in [-0.2, -0.15) is 0 Å². The van der Waals surface area contributed by atoms with Crippen molar-refractivity contribution in [3.63, 3.8) is 0 Å². The maximum atomic E-state index is 11.7. The number of nitrogens with zero attached hydrogens (tertiary/aromatic N) is 1. The number of hydrazine groups is 1. The van der Waals surface area contributed by atoms with Gasteiger partial charge in [-0.3, -0.25) is 10.2 Å². The van der Waals surface area contributed by atoms with Crippen LogP contribution in [0.2, 0.25) is 0 Å². The Kier molecular flexibility index (Phi) is 6.81. The fourth-order valence-corrected chi connectivity index (χ4v) is 2.57. The Balaban J connectivity index is 2.16. The van der Waals surface area contributed by atoms with E-state index in [-0.39, 0.29) is 6.42 Å². The quantitative estimate of drug-likeness (QED) is 0.489. The third kappa shape index (κ3) is 5.50. The first kappa shape index (κ1) is 19.8. The molecule has 0 fully saturated rings. The zero-order valence-electron chi connectivity index (χ0n) is 15.3. The predicted molar refractivity (Wildman–Crippen MR) is 94.8 cm³/mol. The number of ether oxygens (including phenoxy) is 3.